The normalized spacial score (nSPS) is 11.0. The van der Waals surface area contributed by atoms with Crippen LogP contribution in [0.15, 0.2) is 82.0 Å². The third-order valence-electron chi connectivity index (χ3n) is 5.17. The van der Waals surface area contributed by atoms with Crippen molar-refractivity contribution < 1.29 is 9.21 Å². The summed E-state index contributed by atoms with van der Waals surface area (Å²) in [5, 5.41) is 15.0. The van der Waals surface area contributed by atoms with Crippen LogP contribution in [0.3, 0.4) is 0 Å². The Morgan fingerprint density at radius 3 is 2.77 bits per heavy atom. The first kappa shape index (κ1) is 23.0. The first-order chi connectivity index (χ1) is 17.2. The van der Waals surface area contributed by atoms with Gasteiger partial charge in [0.15, 0.2) is 10.9 Å². The molecule has 8 nitrogen and oxygen atoms in total. The van der Waals surface area contributed by atoms with Gasteiger partial charge in [0.1, 0.15) is 10.7 Å². The zero-order valence-electron chi connectivity index (χ0n) is 18.9. The molecule has 0 unspecified atom stereocenters. The minimum Gasteiger partial charge on any atom is -0.461 e. The zero-order valence-corrected chi connectivity index (χ0v) is 20.6. The lowest BCUT2D eigenvalue weighted by molar-refractivity contribution is 0.0949. The van der Waals surface area contributed by atoms with Crippen LogP contribution >= 0.6 is 23.1 Å². The second-order valence-corrected chi connectivity index (χ2v) is 9.58. The van der Waals surface area contributed by atoms with Gasteiger partial charge in [-0.2, -0.15) is 0 Å². The molecular formula is C25H22N6O2S2. The second-order valence-electron chi connectivity index (χ2n) is 7.70. The Hall–Kier alpha value is -3.76. The topological polar surface area (TPSA) is 98.7 Å². The highest BCUT2D eigenvalue weighted by molar-refractivity contribution is 7.98. The molecule has 5 aromatic rings. The summed E-state index contributed by atoms with van der Waals surface area (Å²) >= 11 is 2.97. The van der Waals surface area contributed by atoms with E-state index in [1.807, 2.05) is 54.0 Å². The van der Waals surface area contributed by atoms with Crippen molar-refractivity contribution in [2.75, 3.05) is 6.54 Å². The summed E-state index contributed by atoms with van der Waals surface area (Å²) < 4.78 is 7.55. The van der Waals surface area contributed by atoms with Gasteiger partial charge in [-0.15, -0.1) is 21.5 Å². The van der Waals surface area contributed by atoms with Gasteiger partial charge in [-0.05, 0) is 43.3 Å². The van der Waals surface area contributed by atoms with Crippen molar-refractivity contribution in [3.8, 4) is 17.3 Å². The summed E-state index contributed by atoms with van der Waals surface area (Å²) in [5.41, 5.74) is 3.48. The van der Waals surface area contributed by atoms with E-state index in [0.29, 0.717) is 36.0 Å². The lowest BCUT2D eigenvalue weighted by Crippen LogP contribution is -2.26. The van der Waals surface area contributed by atoms with Gasteiger partial charge in [0.05, 0.1) is 12.0 Å². The maximum atomic E-state index is 12.5. The molecule has 4 aromatic heterocycles. The Labute approximate surface area is 210 Å². The summed E-state index contributed by atoms with van der Waals surface area (Å²) in [5.74, 6) is 1.65. The Morgan fingerprint density at radius 1 is 1.11 bits per heavy atom. The van der Waals surface area contributed by atoms with Crippen molar-refractivity contribution in [3.05, 3.63) is 94.4 Å². The fraction of sp³-hybridized carbons (Fsp3) is 0.160. The molecule has 5 rings (SSSR count). The molecule has 0 aliphatic rings. The van der Waals surface area contributed by atoms with Gasteiger partial charge in [0.25, 0.3) is 5.91 Å². The maximum absolute atomic E-state index is 12.5. The molecule has 0 aliphatic carbocycles. The highest BCUT2D eigenvalue weighted by atomic mass is 32.2. The fourth-order valence-corrected chi connectivity index (χ4v) is 5.15. The quantitative estimate of drug-likeness (QED) is 0.285. The number of aryl methyl sites for hydroxylation is 1. The molecule has 0 spiro atoms. The smallest absolute Gasteiger partial charge is 0.270 e. The van der Waals surface area contributed by atoms with Crippen LogP contribution < -0.4 is 5.32 Å². The number of carbonyl (C=O) groups is 1. The number of nitrogens with zero attached hydrogens (tertiary/aromatic N) is 5. The Kier molecular flexibility index (Phi) is 7.01. The summed E-state index contributed by atoms with van der Waals surface area (Å²) in [6.45, 7) is 2.56. The molecule has 176 valence electrons. The lowest BCUT2D eigenvalue weighted by atomic mass is 10.2. The van der Waals surface area contributed by atoms with E-state index < -0.39 is 0 Å². The third kappa shape index (κ3) is 5.50. The molecule has 0 bridgehead atoms. The number of aromatic nitrogens is 5. The number of carbonyl (C=O) groups excluding carboxylic acids is 1. The third-order valence-corrected chi connectivity index (χ3v) is 7.14. The first-order valence-electron chi connectivity index (χ1n) is 11.0. The van der Waals surface area contributed by atoms with E-state index in [-0.39, 0.29) is 5.91 Å². The van der Waals surface area contributed by atoms with Gasteiger partial charge in [0, 0.05) is 35.9 Å². The average molecular weight is 503 g/mol. The van der Waals surface area contributed by atoms with Gasteiger partial charge in [-0.25, -0.2) is 4.98 Å². The highest BCUT2D eigenvalue weighted by Crippen LogP contribution is 2.30. The fourth-order valence-electron chi connectivity index (χ4n) is 3.40. The second kappa shape index (κ2) is 10.7. The van der Waals surface area contributed by atoms with Crippen molar-refractivity contribution in [3.63, 3.8) is 0 Å². The number of thiazole rings is 1. The molecule has 1 aromatic carbocycles. The molecule has 0 atom stereocenters. The van der Waals surface area contributed by atoms with E-state index in [1.165, 1.54) is 28.7 Å². The van der Waals surface area contributed by atoms with Gasteiger partial charge >= 0.3 is 0 Å². The number of hydrogen-bond donors (Lipinski definition) is 1. The lowest BCUT2D eigenvalue weighted by Gasteiger charge is -2.09. The van der Waals surface area contributed by atoms with E-state index in [0.717, 1.165) is 21.5 Å². The van der Waals surface area contributed by atoms with Gasteiger partial charge in [-0.3, -0.25) is 14.3 Å². The number of thioether (sulfide) groups is 1. The molecule has 0 fully saturated rings. The van der Waals surface area contributed by atoms with Crippen molar-refractivity contribution in [1.29, 1.82) is 0 Å². The van der Waals surface area contributed by atoms with E-state index in [4.69, 9.17) is 4.42 Å². The number of amides is 1. The van der Waals surface area contributed by atoms with E-state index in [1.54, 1.807) is 17.8 Å². The molecular weight excluding hydrogens is 480 g/mol. The molecule has 1 N–H and O–H groups in total. The van der Waals surface area contributed by atoms with Gasteiger partial charge < -0.3 is 9.73 Å². The van der Waals surface area contributed by atoms with Crippen LogP contribution in [0.25, 0.3) is 17.3 Å². The van der Waals surface area contributed by atoms with Gasteiger partial charge in [0.2, 0.25) is 5.82 Å². The van der Waals surface area contributed by atoms with Crippen molar-refractivity contribution >= 4 is 29.0 Å². The van der Waals surface area contributed by atoms with Gasteiger partial charge in [-0.1, -0.05) is 35.5 Å². The zero-order chi connectivity index (χ0) is 24.0. The Bertz CT molecular complexity index is 1400. The van der Waals surface area contributed by atoms with Crippen LogP contribution in [-0.2, 0) is 12.2 Å². The van der Waals surface area contributed by atoms with Crippen LogP contribution in [-0.4, -0.2) is 37.2 Å². The predicted octanol–water partition coefficient (Wildman–Crippen LogP) is 4.95. The monoisotopic (exact) mass is 502 g/mol. The molecule has 35 heavy (non-hydrogen) atoms. The van der Waals surface area contributed by atoms with Crippen LogP contribution in [0, 0.1) is 6.92 Å². The van der Waals surface area contributed by atoms with Crippen LogP contribution in [0.4, 0.5) is 0 Å². The molecule has 0 radical (unpaired) electrons. The number of pyridine rings is 1. The largest absolute Gasteiger partial charge is 0.461 e. The van der Waals surface area contributed by atoms with Crippen molar-refractivity contribution in [2.45, 2.75) is 24.3 Å². The Balaban J connectivity index is 1.26. The molecule has 0 aliphatic heterocycles. The number of benzene rings is 1. The number of rotatable bonds is 9. The molecule has 0 saturated heterocycles. The minimum absolute atomic E-state index is 0.184. The minimum atomic E-state index is -0.184. The van der Waals surface area contributed by atoms with Crippen molar-refractivity contribution in [2.24, 2.45) is 0 Å². The number of hydrogen-bond acceptors (Lipinski definition) is 8. The summed E-state index contributed by atoms with van der Waals surface area (Å²) in [4.78, 5) is 21.3. The Morgan fingerprint density at radius 2 is 2.00 bits per heavy atom. The molecule has 10 heteroatoms. The SMILES string of the molecule is Cc1ccc(-n2c(SCc3nc(C(=O)NCCc4ccccn4)cs3)nnc2-c2ccco2)cc1. The summed E-state index contributed by atoms with van der Waals surface area (Å²) in [7, 11) is 0. The van der Waals surface area contributed by atoms with Crippen LogP contribution in [0.2, 0.25) is 0 Å². The number of nitrogens with one attached hydrogen (secondary N) is 1. The first-order valence-corrected chi connectivity index (χ1v) is 12.9. The van der Waals surface area contributed by atoms with Crippen LogP contribution in [0.5, 0.6) is 0 Å². The number of furan rings is 1. The summed E-state index contributed by atoms with van der Waals surface area (Å²) in [6, 6.07) is 17.6. The standard InChI is InChI=1S/C25H22N6O2S2/c1-17-7-9-19(10-8-17)31-23(21-6-4-14-33-21)29-30-25(31)35-16-22-28-20(15-34-22)24(32)27-13-11-18-5-2-3-12-26-18/h2-10,12,14-15H,11,13,16H2,1H3,(H,27,32). The summed E-state index contributed by atoms with van der Waals surface area (Å²) in [6.07, 6.45) is 4.04. The van der Waals surface area contributed by atoms with E-state index in [2.05, 4.69) is 37.6 Å². The predicted molar refractivity (Wildman–Crippen MR) is 136 cm³/mol. The highest BCUT2D eigenvalue weighted by Gasteiger charge is 2.19. The van der Waals surface area contributed by atoms with Crippen molar-refractivity contribution in [1.82, 2.24) is 30.0 Å². The molecule has 1 amide bonds. The maximum Gasteiger partial charge on any atom is 0.270 e. The average Bonchev–Trinajstić information content (AvgIpc) is 3.65. The molecule has 4 heterocycles. The van der Waals surface area contributed by atoms with E-state index in [9.17, 15) is 4.79 Å². The van der Waals surface area contributed by atoms with E-state index >= 15 is 0 Å². The van der Waals surface area contributed by atoms with Crippen LogP contribution in [0.1, 0.15) is 26.8 Å². The molecule has 0 saturated carbocycles.